The topological polar surface area (TPSA) is 48.5 Å². The van der Waals surface area contributed by atoms with Crippen LogP contribution in [-0.4, -0.2) is 53.0 Å². The first kappa shape index (κ1) is 14.8. The second kappa shape index (κ2) is 5.79. The normalized spacial score (nSPS) is 23.8. The zero-order valence-corrected chi connectivity index (χ0v) is 13.0. The standard InChI is InChI=1S/C15H24N4O/c1-10-6-7-14(13(4)16-10)17-15(20)19-8-11(2)18(5)12(3)9-19/h6-7,11-12H,8-9H2,1-5H3,(H,17,20)/t11-,12+. The minimum Gasteiger partial charge on any atom is -0.321 e. The van der Waals surface area contributed by atoms with Crippen LogP contribution in [0.15, 0.2) is 12.1 Å². The van der Waals surface area contributed by atoms with Gasteiger partial charge in [-0.05, 0) is 46.9 Å². The first-order valence-electron chi connectivity index (χ1n) is 7.10. The predicted octanol–water partition coefficient (Wildman–Crippen LogP) is 2.25. The van der Waals surface area contributed by atoms with E-state index in [1.54, 1.807) is 0 Å². The number of aryl methyl sites for hydroxylation is 2. The Balaban J connectivity index is 2.05. The minimum absolute atomic E-state index is 0.0365. The van der Waals surface area contributed by atoms with Crippen LogP contribution in [0, 0.1) is 13.8 Å². The van der Waals surface area contributed by atoms with Crippen LogP contribution < -0.4 is 5.32 Å². The highest BCUT2D eigenvalue weighted by Crippen LogP contribution is 2.17. The van der Waals surface area contributed by atoms with Crippen molar-refractivity contribution < 1.29 is 4.79 Å². The SMILES string of the molecule is Cc1ccc(NC(=O)N2C[C@@H](C)N(C)[C@@H](C)C2)c(C)n1. The number of aromatic nitrogens is 1. The van der Waals surface area contributed by atoms with E-state index in [4.69, 9.17) is 0 Å². The summed E-state index contributed by atoms with van der Waals surface area (Å²) in [6.45, 7) is 9.67. The number of amides is 2. The molecule has 1 aromatic rings. The van der Waals surface area contributed by atoms with E-state index in [1.165, 1.54) is 0 Å². The van der Waals surface area contributed by atoms with E-state index >= 15 is 0 Å². The van der Waals surface area contributed by atoms with E-state index in [1.807, 2.05) is 30.9 Å². The van der Waals surface area contributed by atoms with Gasteiger partial charge >= 0.3 is 6.03 Å². The first-order chi connectivity index (χ1) is 9.38. The molecule has 2 heterocycles. The van der Waals surface area contributed by atoms with Crippen molar-refractivity contribution in [1.29, 1.82) is 0 Å². The molecule has 0 spiro atoms. The molecule has 5 heteroatoms. The number of carbonyl (C=O) groups excluding carboxylic acids is 1. The highest BCUT2D eigenvalue weighted by molar-refractivity contribution is 5.90. The Morgan fingerprint density at radius 1 is 1.25 bits per heavy atom. The van der Waals surface area contributed by atoms with Gasteiger partial charge in [-0.1, -0.05) is 0 Å². The molecular formula is C15H24N4O. The van der Waals surface area contributed by atoms with Gasteiger partial charge in [0.15, 0.2) is 0 Å². The molecule has 0 bridgehead atoms. The van der Waals surface area contributed by atoms with Crippen LogP contribution in [0.4, 0.5) is 10.5 Å². The maximum atomic E-state index is 12.4. The lowest BCUT2D eigenvalue weighted by Gasteiger charge is -2.42. The average molecular weight is 276 g/mol. The van der Waals surface area contributed by atoms with E-state index in [0.717, 1.165) is 30.2 Å². The van der Waals surface area contributed by atoms with Gasteiger partial charge in [0.2, 0.25) is 0 Å². The Morgan fingerprint density at radius 3 is 2.40 bits per heavy atom. The number of anilines is 1. The minimum atomic E-state index is -0.0365. The summed E-state index contributed by atoms with van der Waals surface area (Å²) < 4.78 is 0. The van der Waals surface area contributed by atoms with Crippen molar-refractivity contribution in [1.82, 2.24) is 14.8 Å². The van der Waals surface area contributed by atoms with E-state index in [2.05, 4.69) is 36.1 Å². The molecule has 1 aliphatic heterocycles. The van der Waals surface area contributed by atoms with Gasteiger partial charge in [0.05, 0.1) is 11.4 Å². The lowest BCUT2D eigenvalue weighted by atomic mass is 10.1. The fraction of sp³-hybridized carbons (Fsp3) is 0.600. The molecule has 2 amide bonds. The molecule has 0 saturated carbocycles. The lowest BCUT2D eigenvalue weighted by Crippen LogP contribution is -2.57. The summed E-state index contributed by atoms with van der Waals surface area (Å²) >= 11 is 0. The summed E-state index contributed by atoms with van der Waals surface area (Å²) in [7, 11) is 2.11. The Hall–Kier alpha value is -1.62. The summed E-state index contributed by atoms with van der Waals surface area (Å²) in [5.41, 5.74) is 2.61. The third kappa shape index (κ3) is 3.10. The first-order valence-corrected chi connectivity index (χ1v) is 7.10. The van der Waals surface area contributed by atoms with E-state index in [-0.39, 0.29) is 6.03 Å². The van der Waals surface area contributed by atoms with Gasteiger partial charge in [0.1, 0.15) is 0 Å². The number of hydrogen-bond donors (Lipinski definition) is 1. The fourth-order valence-electron chi connectivity index (χ4n) is 2.58. The molecule has 110 valence electrons. The van der Waals surface area contributed by atoms with Crippen LogP contribution in [0.5, 0.6) is 0 Å². The number of rotatable bonds is 1. The molecule has 0 unspecified atom stereocenters. The molecule has 2 atom stereocenters. The number of nitrogens with one attached hydrogen (secondary N) is 1. The molecule has 0 aromatic carbocycles. The predicted molar refractivity (Wildman–Crippen MR) is 81.0 cm³/mol. The quantitative estimate of drug-likeness (QED) is 0.856. The maximum Gasteiger partial charge on any atom is 0.322 e. The highest BCUT2D eigenvalue weighted by atomic mass is 16.2. The van der Waals surface area contributed by atoms with Gasteiger partial charge < -0.3 is 10.2 Å². The number of nitrogens with zero attached hydrogens (tertiary/aromatic N) is 3. The summed E-state index contributed by atoms with van der Waals surface area (Å²) in [5, 5.41) is 2.97. The number of carbonyl (C=O) groups is 1. The van der Waals surface area contributed by atoms with Crippen molar-refractivity contribution in [2.75, 3.05) is 25.5 Å². The van der Waals surface area contributed by atoms with Gasteiger partial charge in [-0.25, -0.2) is 4.79 Å². The van der Waals surface area contributed by atoms with E-state index in [0.29, 0.717) is 12.1 Å². The number of hydrogen-bond acceptors (Lipinski definition) is 3. The molecule has 20 heavy (non-hydrogen) atoms. The van der Waals surface area contributed by atoms with Gasteiger partial charge in [0, 0.05) is 30.9 Å². The van der Waals surface area contributed by atoms with Gasteiger partial charge in [-0.3, -0.25) is 9.88 Å². The van der Waals surface area contributed by atoms with Gasteiger partial charge in [0.25, 0.3) is 0 Å². The third-order valence-corrected chi connectivity index (χ3v) is 4.11. The smallest absolute Gasteiger partial charge is 0.321 e. The molecule has 1 aromatic heterocycles. The van der Waals surface area contributed by atoms with Gasteiger partial charge in [-0.15, -0.1) is 0 Å². The van der Waals surface area contributed by atoms with E-state index < -0.39 is 0 Å². The zero-order valence-electron chi connectivity index (χ0n) is 13.0. The number of urea groups is 1. The largest absolute Gasteiger partial charge is 0.322 e. The van der Waals surface area contributed by atoms with Crippen molar-refractivity contribution in [3.8, 4) is 0 Å². The molecule has 1 fully saturated rings. The third-order valence-electron chi connectivity index (χ3n) is 4.11. The van der Waals surface area contributed by atoms with Crippen LogP contribution >= 0.6 is 0 Å². The molecular weight excluding hydrogens is 252 g/mol. The van der Waals surface area contributed by atoms with Crippen LogP contribution in [0.2, 0.25) is 0 Å². The van der Waals surface area contributed by atoms with Gasteiger partial charge in [-0.2, -0.15) is 0 Å². The molecule has 0 aliphatic carbocycles. The zero-order chi connectivity index (χ0) is 14.9. The van der Waals surface area contributed by atoms with Crippen LogP contribution in [0.1, 0.15) is 25.2 Å². The Kier molecular flexibility index (Phi) is 4.28. The molecule has 0 radical (unpaired) electrons. The monoisotopic (exact) mass is 276 g/mol. The molecule has 2 rings (SSSR count). The average Bonchev–Trinajstić information content (AvgIpc) is 2.38. The van der Waals surface area contributed by atoms with Crippen molar-refractivity contribution >= 4 is 11.7 Å². The fourth-order valence-corrected chi connectivity index (χ4v) is 2.58. The van der Waals surface area contributed by atoms with Crippen molar-refractivity contribution in [3.63, 3.8) is 0 Å². The molecule has 1 saturated heterocycles. The highest BCUT2D eigenvalue weighted by Gasteiger charge is 2.29. The molecule has 5 nitrogen and oxygen atoms in total. The lowest BCUT2D eigenvalue weighted by molar-refractivity contribution is 0.0816. The molecule has 1 aliphatic rings. The summed E-state index contributed by atoms with van der Waals surface area (Å²) in [5.74, 6) is 0. The van der Waals surface area contributed by atoms with Crippen molar-refractivity contribution in [3.05, 3.63) is 23.5 Å². The van der Waals surface area contributed by atoms with Crippen molar-refractivity contribution in [2.24, 2.45) is 0 Å². The number of piperazine rings is 1. The number of likely N-dealkylation sites (N-methyl/N-ethyl adjacent to an activating group) is 1. The number of pyridine rings is 1. The summed E-state index contributed by atoms with van der Waals surface area (Å²) in [4.78, 5) is 20.9. The molecule has 1 N–H and O–H groups in total. The van der Waals surface area contributed by atoms with Crippen molar-refractivity contribution in [2.45, 2.75) is 39.8 Å². The summed E-state index contributed by atoms with van der Waals surface area (Å²) in [6.07, 6.45) is 0. The second-order valence-corrected chi connectivity index (χ2v) is 5.78. The Bertz CT molecular complexity index is 491. The van der Waals surface area contributed by atoms with Crippen LogP contribution in [0.25, 0.3) is 0 Å². The van der Waals surface area contributed by atoms with E-state index in [9.17, 15) is 4.79 Å². The Morgan fingerprint density at radius 2 is 1.85 bits per heavy atom. The summed E-state index contributed by atoms with van der Waals surface area (Å²) in [6, 6.07) is 4.55. The second-order valence-electron chi connectivity index (χ2n) is 5.78. The maximum absolute atomic E-state index is 12.4. The Labute approximate surface area is 121 Å². The van der Waals surface area contributed by atoms with Crippen LogP contribution in [0.3, 0.4) is 0 Å². The van der Waals surface area contributed by atoms with Crippen LogP contribution in [-0.2, 0) is 0 Å².